The lowest BCUT2D eigenvalue weighted by Gasteiger charge is -2.35. The van der Waals surface area contributed by atoms with Gasteiger partial charge in [-0.2, -0.15) is 13.2 Å². The maximum atomic E-state index is 13.7. The average molecular weight is 598 g/mol. The van der Waals surface area contributed by atoms with E-state index < -0.39 is 18.6 Å². The molecular formula is C30H30F3N5O3S. The topological polar surface area (TPSA) is 78.9 Å². The van der Waals surface area contributed by atoms with Gasteiger partial charge in [0.2, 0.25) is 0 Å². The lowest BCUT2D eigenvalue weighted by molar-refractivity contribution is -0.148. The van der Waals surface area contributed by atoms with Gasteiger partial charge in [-0.05, 0) is 55.7 Å². The van der Waals surface area contributed by atoms with E-state index in [2.05, 4.69) is 9.97 Å². The van der Waals surface area contributed by atoms with E-state index in [-0.39, 0.29) is 44.4 Å². The summed E-state index contributed by atoms with van der Waals surface area (Å²) < 4.78 is 45.6. The summed E-state index contributed by atoms with van der Waals surface area (Å²) in [6.45, 7) is 1.10. The van der Waals surface area contributed by atoms with E-state index in [0.29, 0.717) is 35.3 Å². The van der Waals surface area contributed by atoms with Crippen molar-refractivity contribution in [2.75, 3.05) is 45.8 Å². The highest BCUT2D eigenvalue weighted by Crippen LogP contribution is 2.29. The first-order chi connectivity index (χ1) is 20.2. The van der Waals surface area contributed by atoms with Gasteiger partial charge in [0.05, 0.1) is 27.8 Å². The Hall–Kier alpha value is -3.77. The number of ether oxygens (including phenoxy) is 1. The molecule has 2 aliphatic rings. The maximum absolute atomic E-state index is 13.7. The van der Waals surface area contributed by atoms with Crippen LogP contribution in [-0.4, -0.2) is 88.5 Å². The quantitative estimate of drug-likeness (QED) is 0.298. The monoisotopic (exact) mass is 597 g/mol. The van der Waals surface area contributed by atoms with Crippen LogP contribution in [0, 0.1) is 0 Å². The number of thiazole rings is 1. The third-order valence-electron chi connectivity index (χ3n) is 7.64. The molecule has 42 heavy (non-hydrogen) atoms. The zero-order valence-electron chi connectivity index (χ0n) is 22.9. The van der Waals surface area contributed by atoms with Crippen LogP contribution in [0.25, 0.3) is 21.1 Å². The average Bonchev–Trinajstić information content (AvgIpc) is 3.42. The molecule has 0 atom stereocenters. The Balaban J connectivity index is 1.26. The van der Waals surface area contributed by atoms with Crippen LogP contribution >= 0.6 is 11.3 Å². The number of carbonyl (C=O) groups excluding carboxylic acids is 2. The first-order valence-electron chi connectivity index (χ1n) is 14.0. The summed E-state index contributed by atoms with van der Waals surface area (Å²) in [7, 11) is 0. The number of para-hydroxylation sites is 1. The fourth-order valence-corrected chi connectivity index (χ4v) is 6.38. The lowest BCUT2D eigenvalue weighted by Crippen LogP contribution is -2.51. The Morgan fingerprint density at radius 3 is 2.31 bits per heavy atom. The van der Waals surface area contributed by atoms with Crippen LogP contribution < -0.4 is 4.74 Å². The number of fused-ring (bicyclic) bond motifs is 2. The maximum Gasteiger partial charge on any atom is 0.401 e. The normalized spacial score (nSPS) is 16.7. The Labute approximate surface area is 244 Å². The molecule has 0 saturated carbocycles. The van der Waals surface area contributed by atoms with Gasteiger partial charge in [-0.25, -0.2) is 9.97 Å². The zero-order valence-corrected chi connectivity index (χ0v) is 23.7. The smallest absolute Gasteiger partial charge is 0.401 e. The molecular weight excluding hydrogens is 567 g/mol. The first kappa shape index (κ1) is 28.4. The predicted octanol–water partition coefficient (Wildman–Crippen LogP) is 5.37. The lowest BCUT2D eigenvalue weighted by atomic mass is 10.0. The number of alkyl halides is 3. The van der Waals surface area contributed by atoms with E-state index in [9.17, 15) is 22.8 Å². The molecule has 220 valence electrons. The fourth-order valence-electron chi connectivity index (χ4n) is 5.50. The number of hydrogen-bond donors (Lipinski definition) is 0. The van der Waals surface area contributed by atoms with Crippen molar-refractivity contribution in [3.05, 3.63) is 64.8 Å². The highest BCUT2D eigenvalue weighted by atomic mass is 32.1. The number of piperidine rings is 1. The number of pyridine rings is 1. The molecule has 12 heteroatoms. The van der Waals surface area contributed by atoms with Gasteiger partial charge >= 0.3 is 6.18 Å². The number of amides is 2. The molecule has 0 bridgehead atoms. The summed E-state index contributed by atoms with van der Waals surface area (Å²) >= 11 is 1.56. The molecule has 0 aliphatic carbocycles. The molecule has 2 aliphatic heterocycles. The Bertz CT molecular complexity index is 1580. The number of likely N-dealkylation sites (tertiary alicyclic amines) is 1. The Kier molecular flexibility index (Phi) is 8.00. The van der Waals surface area contributed by atoms with Crippen LogP contribution in [0.2, 0.25) is 0 Å². The molecule has 2 amide bonds. The van der Waals surface area contributed by atoms with Crippen molar-refractivity contribution in [3.63, 3.8) is 0 Å². The number of carbonyl (C=O) groups is 2. The number of piperazine rings is 1. The van der Waals surface area contributed by atoms with Gasteiger partial charge in [0.15, 0.2) is 0 Å². The highest BCUT2D eigenvalue weighted by molar-refractivity contribution is 7.18. The van der Waals surface area contributed by atoms with E-state index in [1.165, 1.54) is 15.9 Å². The molecule has 8 nitrogen and oxygen atoms in total. The fraction of sp³-hybridized carbons (Fsp3) is 0.400. The van der Waals surface area contributed by atoms with Gasteiger partial charge in [-0.15, -0.1) is 11.3 Å². The van der Waals surface area contributed by atoms with Crippen LogP contribution in [0.15, 0.2) is 48.5 Å². The molecule has 2 saturated heterocycles. The second kappa shape index (κ2) is 11.8. The van der Waals surface area contributed by atoms with Crippen molar-refractivity contribution in [3.8, 4) is 5.75 Å². The minimum absolute atomic E-state index is 0.107. The van der Waals surface area contributed by atoms with Crippen LogP contribution in [0.5, 0.6) is 5.75 Å². The first-order valence-corrected chi connectivity index (χ1v) is 14.8. The van der Waals surface area contributed by atoms with Crippen molar-refractivity contribution in [2.45, 2.75) is 32.0 Å². The summed E-state index contributed by atoms with van der Waals surface area (Å²) in [6, 6.07) is 14.7. The molecule has 2 fully saturated rings. The Morgan fingerprint density at radius 2 is 1.57 bits per heavy atom. The number of benzene rings is 2. The van der Waals surface area contributed by atoms with Crippen molar-refractivity contribution in [2.24, 2.45) is 0 Å². The number of hydrogen-bond acceptors (Lipinski definition) is 7. The molecule has 0 unspecified atom stereocenters. The van der Waals surface area contributed by atoms with Crippen LogP contribution in [0.4, 0.5) is 13.2 Å². The van der Waals surface area contributed by atoms with Crippen LogP contribution in [0.3, 0.4) is 0 Å². The van der Waals surface area contributed by atoms with Gasteiger partial charge in [-0.3, -0.25) is 14.5 Å². The van der Waals surface area contributed by atoms with Gasteiger partial charge in [0.25, 0.3) is 11.8 Å². The third kappa shape index (κ3) is 6.34. The van der Waals surface area contributed by atoms with E-state index in [4.69, 9.17) is 4.74 Å². The minimum Gasteiger partial charge on any atom is -0.486 e. The van der Waals surface area contributed by atoms with Crippen LogP contribution in [-0.2, 0) is 6.61 Å². The molecule has 2 aromatic carbocycles. The summed E-state index contributed by atoms with van der Waals surface area (Å²) in [5.41, 5.74) is 1.86. The summed E-state index contributed by atoms with van der Waals surface area (Å²) in [4.78, 5) is 41.0. The van der Waals surface area contributed by atoms with Crippen molar-refractivity contribution < 1.29 is 27.5 Å². The predicted molar refractivity (Wildman–Crippen MR) is 154 cm³/mol. The van der Waals surface area contributed by atoms with Crippen molar-refractivity contribution in [1.29, 1.82) is 0 Å². The SMILES string of the molecule is O=C(c1cc(C(=O)N2CCCCC2)c2cc(OCc3nc4ccccc4s3)ccc2n1)N1CCN(CC(F)(F)F)CC1. The van der Waals surface area contributed by atoms with E-state index >= 15 is 0 Å². The number of nitrogens with zero attached hydrogens (tertiary/aromatic N) is 5. The Morgan fingerprint density at radius 1 is 0.833 bits per heavy atom. The van der Waals surface area contributed by atoms with Gasteiger partial charge in [0.1, 0.15) is 23.1 Å². The number of halogens is 3. The molecule has 4 heterocycles. The summed E-state index contributed by atoms with van der Waals surface area (Å²) in [5, 5.41) is 1.41. The largest absolute Gasteiger partial charge is 0.486 e. The number of aromatic nitrogens is 2. The molecule has 0 N–H and O–H groups in total. The summed E-state index contributed by atoms with van der Waals surface area (Å²) in [6.07, 6.45) is -1.39. The van der Waals surface area contributed by atoms with Crippen molar-refractivity contribution >= 4 is 44.3 Å². The molecule has 0 spiro atoms. The zero-order chi connectivity index (χ0) is 29.3. The number of rotatable bonds is 6. The molecule has 4 aromatic rings. The van der Waals surface area contributed by atoms with Crippen molar-refractivity contribution in [1.82, 2.24) is 24.7 Å². The summed E-state index contributed by atoms with van der Waals surface area (Å²) in [5.74, 6) is -0.0157. The van der Waals surface area contributed by atoms with Gasteiger partial charge < -0.3 is 14.5 Å². The van der Waals surface area contributed by atoms with E-state index in [0.717, 1.165) is 34.5 Å². The molecule has 2 aromatic heterocycles. The standard InChI is InChI=1S/C30H30F3N5O3S/c31-30(32,33)19-36-12-14-38(15-13-36)29(40)25-17-22(28(39)37-10-4-1-5-11-37)21-16-20(8-9-23(21)34-25)41-18-27-35-24-6-2-3-7-26(24)42-27/h2-3,6-9,16-17H,1,4-5,10-15,18-19H2. The molecule has 0 radical (unpaired) electrons. The van der Waals surface area contributed by atoms with Crippen LogP contribution in [0.1, 0.15) is 45.1 Å². The van der Waals surface area contributed by atoms with Gasteiger partial charge in [0, 0.05) is 44.7 Å². The highest BCUT2D eigenvalue weighted by Gasteiger charge is 2.33. The van der Waals surface area contributed by atoms with Gasteiger partial charge in [-0.1, -0.05) is 12.1 Å². The minimum atomic E-state index is -4.28. The second-order valence-corrected chi connectivity index (χ2v) is 11.7. The third-order valence-corrected chi connectivity index (χ3v) is 8.65. The second-order valence-electron chi connectivity index (χ2n) is 10.6. The van der Waals surface area contributed by atoms with E-state index in [1.807, 2.05) is 24.3 Å². The van der Waals surface area contributed by atoms with E-state index in [1.54, 1.807) is 34.4 Å². The molecule has 6 rings (SSSR count).